The zero-order valence-electron chi connectivity index (χ0n) is 7.23. The largest absolute Gasteiger partial charge is 0.408 e. The number of ether oxygens (including phenoxy) is 1. The van der Waals surface area contributed by atoms with Crippen LogP contribution in [0.5, 0.6) is 0 Å². The number of guanidine groups is 1. The van der Waals surface area contributed by atoms with Gasteiger partial charge in [0, 0.05) is 13.1 Å². The van der Waals surface area contributed by atoms with Crippen molar-refractivity contribution in [2.45, 2.75) is 19.4 Å². The zero-order chi connectivity index (χ0) is 8.97. The van der Waals surface area contributed by atoms with Gasteiger partial charge >= 0.3 is 0 Å². The molecule has 1 fully saturated rings. The molecular weight excluding hydrogens is 158 g/mol. The lowest BCUT2D eigenvalue weighted by Crippen LogP contribution is -2.48. The Kier molecular flexibility index (Phi) is 3.16. The summed E-state index contributed by atoms with van der Waals surface area (Å²) in [5.74, 6) is 0.178. The van der Waals surface area contributed by atoms with E-state index < -0.39 is 0 Å². The first-order chi connectivity index (χ1) is 5.77. The van der Waals surface area contributed by atoms with E-state index in [0.717, 1.165) is 6.42 Å². The molecule has 0 aromatic rings. The van der Waals surface area contributed by atoms with Crippen LogP contribution < -0.4 is 5.73 Å². The van der Waals surface area contributed by atoms with Gasteiger partial charge in [0.05, 0.1) is 12.7 Å². The van der Waals surface area contributed by atoms with Crippen molar-refractivity contribution in [3.8, 4) is 0 Å². The quantitative estimate of drug-likeness (QED) is 0.249. The number of rotatable bonds is 1. The van der Waals surface area contributed by atoms with Crippen LogP contribution in [0.25, 0.3) is 0 Å². The van der Waals surface area contributed by atoms with E-state index in [0.29, 0.717) is 19.7 Å². The minimum Gasteiger partial charge on any atom is -0.408 e. The topological polar surface area (TPSA) is 71.1 Å². The highest BCUT2D eigenvalue weighted by atomic mass is 16.5. The Morgan fingerprint density at radius 1 is 1.83 bits per heavy atom. The molecule has 1 aliphatic heterocycles. The van der Waals surface area contributed by atoms with E-state index in [-0.39, 0.29) is 12.1 Å². The first-order valence-electron chi connectivity index (χ1n) is 4.12. The summed E-state index contributed by atoms with van der Waals surface area (Å²) in [6.07, 6.45) is 1.16. The molecule has 0 bridgehead atoms. The van der Waals surface area contributed by atoms with Crippen LogP contribution in [0.15, 0.2) is 5.16 Å². The summed E-state index contributed by atoms with van der Waals surface area (Å²) in [6.45, 7) is 4.12. The standard InChI is InChI=1S/C7H15N3O2/c1-2-6-5-10(3-4-12-6)7(8)9-11/h6,11H,2-5H2,1H3,(H2,8,9). The second-order valence-electron chi connectivity index (χ2n) is 2.81. The smallest absolute Gasteiger partial charge is 0.233 e. The summed E-state index contributed by atoms with van der Waals surface area (Å²) >= 11 is 0. The van der Waals surface area contributed by atoms with Crippen molar-refractivity contribution in [3.05, 3.63) is 0 Å². The predicted molar refractivity (Wildman–Crippen MR) is 45.0 cm³/mol. The van der Waals surface area contributed by atoms with Crippen molar-refractivity contribution >= 4 is 5.96 Å². The van der Waals surface area contributed by atoms with E-state index in [4.69, 9.17) is 15.7 Å². The molecule has 0 saturated carbocycles. The average molecular weight is 173 g/mol. The highest BCUT2D eigenvalue weighted by molar-refractivity contribution is 5.77. The summed E-state index contributed by atoms with van der Waals surface area (Å²) in [6, 6.07) is 0. The molecule has 0 spiro atoms. The van der Waals surface area contributed by atoms with E-state index in [9.17, 15) is 0 Å². The van der Waals surface area contributed by atoms with E-state index in [2.05, 4.69) is 12.1 Å². The Labute approximate surface area is 71.8 Å². The van der Waals surface area contributed by atoms with Crippen molar-refractivity contribution in [1.29, 1.82) is 0 Å². The minimum atomic E-state index is 0.178. The molecule has 0 radical (unpaired) electrons. The average Bonchev–Trinajstić information content (AvgIpc) is 2.17. The third-order valence-electron chi connectivity index (χ3n) is 2.02. The molecule has 0 amide bonds. The monoisotopic (exact) mass is 173 g/mol. The molecule has 1 heterocycles. The van der Waals surface area contributed by atoms with Gasteiger partial charge in [-0.2, -0.15) is 0 Å². The van der Waals surface area contributed by atoms with Crippen LogP contribution in [0.1, 0.15) is 13.3 Å². The normalized spacial score (nSPS) is 25.9. The van der Waals surface area contributed by atoms with Gasteiger partial charge in [0.2, 0.25) is 5.96 Å². The summed E-state index contributed by atoms with van der Waals surface area (Å²) < 4.78 is 5.42. The lowest BCUT2D eigenvalue weighted by atomic mass is 10.2. The third-order valence-corrected chi connectivity index (χ3v) is 2.02. The van der Waals surface area contributed by atoms with Gasteiger partial charge in [-0.25, -0.2) is 0 Å². The van der Waals surface area contributed by atoms with Gasteiger partial charge in [-0.05, 0) is 6.42 Å². The Morgan fingerprint density at radius 3 is 3.17 bits per heavy atom. The summed E-state index contributed by atoms with van der Waals surface area (Å²) in [5, 5.41) is 11.4. The first kappa shape index (κ1) is 9.12. The van der Waals surface area contributed by atoms with Crippen LogP contribution >= 0.6 is 0 Å². The second kappa shape index (κ2) is 4.15. The highest BCUT2D eigenvalue weighted by Gasteiger charge is 2.20. The number of hydrogen-bond donors (Lipinski definition) is 2. The fourth-order valence-electron chi connectivity index (χ4n) is 1.24. The van der Waals surface area contributed by atoms with Crippen LogP contribution in [0.3, 0.4) is 0 Å². The summed E-state index contributed by atoms with van der Waals surface area (Å²) in [7, 11) is 0. The van der Waals surface area contributed by atoms with Gasteiger partial charge in [-0.15, -0.1) is 0 Å². The van der Waals surface area contributed by atoms with Crippen molar-refractivity contribution in [3.63, 3.8) is 0 Å². The number of morpholine rings is 1. The molecule has 1 rings (SSSR count). The number of oxime groups is 1. The molecule has 0 aliphatic carbocycles. The van der Waals surface area contributed by atoms with Gasteiger partial charge in [0.25, 0.3) is 0 Å². The number of hydrogen-bond acceptors (Lipinski definition) is 3. The lowest BCUT2D eigenvalue weighted by molar-refractivity contribution is -0.00821. The van der Waals surface area contributed by atoms with Crippen molar-refractivity contribution in [2.24, 2.45) is 10.9 Å². The summed E-state index contributed by atoms with van der Waals surface area (Å²) in [5.41, 5.74) is 5.43. The van der Waals surface area contributed by atoms with Crippen LogP contribution in [0, 0.1) is 0 Å². The molecule has 70 valence electrons. The van der Waals surface area contributed by atoms with E-state index in [1.165, 1.54) is 0 Å². The van der Waals surface area contributed by atoms with Crippen LogP contribution in [-0.4, -0.2) is 41.9 Å². The molecule has 1 atom stereocenters. The number of nitrogens with two attached hydrogens (primary N) is 1. The van der Waals surface area contributed by atoms with Gasteiger partial charge < -0.3 is 20.6 Å². The Morgan fingerprint density at radius 2 is 2.58 bits per heavy atom. The molecule has 1 unspecified atom stereocenters. The molecular formula is C7H15N3O2. The Bertz CT molecular complexity index is 172. The molecule has 5 nitrogen and oxygen atoms in total. The fourth-order valence-corrected chi connectivity index (χ4v) is 1.24. The van der Waals surface area contributed by atoms with Crippen molar-refractivity contribution < 1.29 is 9.94 Å². The maximum absolute atomic E-state index is 8.43. The molecule has 0 aromatic carbocycles. The highest BCUT2D eigenvalue weighted by Crippen LogP contribution is 2.07. The maximum atomic E-state index is 8.43. The van der Waals surface area contributed by atoms with Gasteiger partial charge in [0.1, 0.15) is 0 Å². The lowest BCUT2D eigenvalue weighted by Gasteiger charge is -2.32. The van der Waals surface area contributed by atoms with Gasteiger partial charge in [0.15, 0.2) is 0 Å². The van der Waals surface area contributed by atoms with Gasteiger partial charge in [-0.1, -0.05) is 12.1 Å². The predicted octanol–water partition coefficient (Wildman–Crippen LogP) is -0.199. The molecule has 3 N–H and O–H groups in total. The van der Waals surface area contributed by atoms with Crippen LogP contribution in [0.2, 0.25) is 0 Å². The zero-order valence-corrected chi connectivity index (χ0v) is 7.23. The molecule has 0 aromatic heterocycles. The maximum Gasteiger partial charge on any atom is 0.233 e. The Hall–Kier alpha value is -0.970. The SMILES string of the molecule is CCC1CN(/C(N)=N/O)CCO1. The van der Waals surface area contributed by atoms with Crippen LogP contribution in [0.4, 0.5) is 0 Å². The minimum absolute atomic E-state index is 0.178. The molecule has 1 aliphatic rings. The Balaban J connectivity index is 2.45. The van der Waals surface area contributed by atoms with Gasteiger partial charge in [-0.3, -0.25) is 0 Å². The van der Waals surface area contributed by atoms with E-state index in [1.807, 2.05) is 4.90 Å². The fraction of sp³-hybridized carbons (Fsp3) is 0.857. The van der Waals surface area contributed by atoms with E-state index >= 15 is 0 Å². The molecule has 12 heavy (non-hydrogen) atoms. The molecule has 1 saturated heterocycles. The van der Waals surface area contributed by atoms with Crippen molar-refractivity contribution in [1.82, 2.24) is 4.90 Å². The van der Waals surface area contributed by atoms with E-state index in [1.54, 1.807) is 0 Å². The number of nitrogens with zero attached hydrogens (tertiary/aromatic N) is 2. The first-order valence-corrected chi connectivity index (χ1v) is 4.12. The van der Waals surface area contributed by atoms with Crippen molar-refractivity contribution in [2.75, 3.05) is 19.7 Å². The second-order valence-corrected chi connectivity index (χ2v) is 2.81. The molecule has 5 heteroatoms. The van der Waals surface area contributed by atoms with Crippen LogP contribution in [-0.2, 0) is 4.74 Å². The summed E-state index contributed by atoms with van der Waals surface area (Å²) in [4.78, 5) is 1.82. The third kappa shape index (κ3) is 2.01.